The molecule has 0 radical (unpaired) electrons. The van der Waals surface area contributed by atoms with Crippen LogP contribution in [-0.4, -0.2) is 30.2 Å². The van der Waals surface area contributed by atoms with E-state index in [0.717, 1.165) is 12.2 Å². The summed E-state index contributed by atoms with van der Waals surface area (Å²) in [6.07, 6.45) is 0.298. The lowest BCUT2D eigenvalue weighted by atomic mass is 10.2. The topological polar surface area (TPSA) is 104 Å². The first-order chi connectivity index (χ1) is 11.8. The number of pyridine rings is 1. The quantitative estimate of drug-likeness (QED) is 0.426. The van der Waals surface area contributed by atoms with Crippen molar-refractivity contribution in [3.8, 4) is 11.6 Å². The Morgan fingerprint density at radius 3 is 2.64 bits per heavy atom. The van der Waals surface area contributed by atoms with Gasteiger partial charge in [0.2, 0.25) is 5.88 Å². The highest BCUT2D eigenvalue weighted by Gasteiger charge is 2.22. The van der Waals surface area contributed by atoms with E-state index in [-0.39, 0.29) is 28.0 Å². The average molecular weight is 388 g/mol. The second-order valence-electron chi connectivity index (χ2n) is 4.49. The molecule has 0 amide bonds. The minimum absolute atomic E-state index is 0.0435. The van der Waals surface area contributed by atoms with Gasteiger partial charge in [-0.3, -0.25) is 10.1 Å². The molecule has 0 saturated carbocycles. The maximum absolute atomic E-state index is 11.2. The number of nitro benzene ring substituents is 1. The lowest BCUT2D eigenvalue weighted by Crippen LogP contribution is -2.23. The van der Waals surface area contributed by atoms with Crippen LogP contribution in [0.2, 0.25) is 10.0 Å². The summed E-state index contributed by atoms with van der Waals surface area (Å²) in [4.78, 5) is 30.4. The first-order valence-electron chi connectivity index (χ1n) is 6.58. The molecule has 1 aromatic carbocycles. The van der Waals surface area contributed by atoms with Gasteiger partial charge in [0.05, 0.1) is 17.1 Å². The minimum atomic E-state index is -1.04. The molecule has 0 saturated heterocycles. The third kappa shape index (κ3) is 4.61. The zero-order valence-electron chi connectivity index (χ0n) is 12.9. The van der Waals surface area contributed by atoms with Crippen molar-refractivity contribution in [2.75, 3.05) is 19.2 Å². The summed E-state index contributed by atoms with van der Waals surface area (Å²) >= 11 is 11.7. The summed E-state index contributed by atoms with van der Waals surface area (Å²) in [6.45, 7) is 0. The molecule has 1 aromatic heterocycles. The van der Waals surface area contributed by atoms with E-state index < -0.39 is 11.1 Å². The van der Waals surface area contributed by atoms with Crippen molar-refractivity contribution in [3.05, 3.63) is 50.6 Å². The van der Waals surface area contributed by atoms with Crippen molar-refractivity contribution in [2.24, 2.45) is 0 Å². The van der Waals surface area contributed by atoms with Crippen LogP contribution in [-0.2, 0) is 9.57 Å². The molecule has 0 unspecified atom stereocenters. The van der Waals surface area contributed by atoms with Gasteiger partial charge in [0.1, 0.15) is 10.8 Å². The molecule has 2 aromatic rings. The van der Waals surface area contributed by atoms with E-state index in [4.69, 9.17) is 32.8 Å². The molecule has 0 spiro atoms. The molecular formula is C14H11Cl2N3O6. The molecule has 0 bridgehead atoms. The van der Waals surface area contributed by atoms with Crippen molar-refractivity contribution >= 4 is 40.7 Å². The van der Waals surface area contributed by atoms with Gasteiger partial charge in [-0.1, -0.05) is 23.2 Å². The highest BCUT2D eigenvalue weighted by Crippen LogP contribution is 2.35. The number of anilines is 1. The fourth-order valence-electron chi connectivity index (χ4n) is 1.76. The number of hydrogen-bond acceptors (Lipinski definition) is 8. The lowest BCUT2D eigenvalue weighted by Gasteiger charge is -2.17. The Bertz CT molecular complexity index is 817. The number of halogens is 2. The number of benzene rings is 1. The maximum Gasteiger partial charge on any atom is 0.533 e. The zero-order valence-corrected chi connectivity index (χ0v) is 14.4. The third-order valence-corrected chi connectivity index (χ3v) is 3.33. The Morgan fingerprint density at radius 1 is 1.32 bits per heavy atom. The van der Waals surface area contributed by atoms with Crippen LogP contribution in [0.3, 0.4) is 0 Å². The van der Waals surface area contributed by atoms with Crippen LogP contribution in [0.4, 0.5) is 16.2 Å². The van der Waals surface area contributed by atoms with Gasteiger partial charge in [-0.15, -0.1) is 0 Å². The van der Waals surface area contributed by atoms with Crippen molar-refractivity contribution in [3.63, 3.8) is 0 Å². The summed E-state index contributed by atoms with van der Waals surface area (Å²) in [5.41, 5.74) is -0.355. The standard InChI is InChI=1S/C14H11Cl2N3O6/c1-18(25-14(20)23-2)12-6-9(3-4-11(12)19(21)22)24-13-10(16)5-8(15)7-17-13/h3-7H,1-2H3. The van der Waals surface area contributed by atoms with Crippen LogP contribution in [0.25, 0.3) is 0 Å². The number of rotatable bonds is 5. The average Bonchev–Trinajstić information content (AvgIpc) is 2.56. The number of carbonyl (C=O) groups is 1. The summed E-state index contributed by atoms with van der Waals surface area (Å²) in [7, 11) is 2.41. The minimum Gasteiger partial charge on any atom is -0.437 e. The van der Waals surface area contributed by atoms with Crippen molar-refractivity contribution in [1.82, 2.24) is 4.98 Å². The Hall–Kier alpha value is -2.78. The van der Waals surface area contributed by atoms with Crippen LogP contribution in [0, 0.1) is 10.1 Å². The molecule has 132 valence electrons. The van der Waals surface area contributed by atoms with Crippen LogP contribution < -0.4 is 9.80 Å². The molecule has 11 heteroatoms. The molecule has 0 atom stereocenters. The number of aromatic nitrogens is 1. The number of hydrogen-bond donors (Lipinski definition) is 0. The summed E-state index contributed by atoms with van der Waals surface area (Å²) in [5, 5.41) is 12.5. The van der Waals surface area contributed by atoms with Gasteiger partial charge < -0.3 is 14.3 Å². The van der Waals surface area contributed by atoms with E-state index in [2.05, 4.69) is 9.72 Å². The number of nitro groups is 1. The predicted octanol–water partition coefficient (Wildman–Crippen LogP) is 4.22. The van der Waals surface area contributed by atoms with Crippen LogP contribution in [0.5, 0.6) is 11.6 Å². The molecule has 0 fully saturated rings. The lowest BCUT2D eigenvalue weighted by molar-refractivity contribution is -0.384. The number of carbonyl (C=O) groups excluding carboxylic acids is 1. The van der Waals surface area contributed by atoms with E-state index >= 15 is 0 Å². The predicted molar refractivity (Wildman–Crippen MR) is 89.3 cm³/mol. The largest absolute Gasteiger partial charge is 0.533 e. The fourth-order valence-corrected chi connectivity index (χ4v) is 2.18. The van der Waals surface area contributed by atoms with E-state index in [9.17, 15) is 14.9 Å². The smallest absolute Gasteiger partial charge is 0.437 e. The summed E-state index contributed by atoms with van der Waals surface area (Å²) in [6, 6.07) is 5.25. The fraction of sp³-hybridized carbons (Fsp3) is 0.143. The number of methoxy groups -OCH3 is 1. The molecule has 0 aliphatic carbocycles. The normalized spacial score (nSPS) is 10.1. The number of ether oxygens (including phenoxy) is 2. The molecule has 25 heavy (non-hydrogen) atoms. The van der Waals surface area contributed by atoms with E-state index in [1.807, 2.05) is 0 Å². The second-order valence-corrected chi connectivity index (χ2v) is 5.34. The van der Waals surface area contributed by atoms with E-state index in [1.165, 1.54) is 37.5 Å². The number of hydroxylamine groups is 1. The molecule has 1 heterocycles. The SMILES string of the molecule is COC(=O)ON(C)c1cc(Oc2ncc(Cl)cc2Cl)ccc1[N+](=O)[O-]. The molecule has 0 aliphatic rings. The van der Waals surface area contributed by atoms with Crippen molar-refractivity contribution < 1.29 is 24.0 Å². The number of nitrogens with zero attached hydrogens (tertiary/aromatic N) is 3. The van der Waals surface area contributed by atoms with Crippen LogP contribution in [0.1, 0.15) is 0 Å². The Balaban J connectivity index is 2.36. The molecule has 0 N–H and O–H groups in total. The van der Waals surface area contributed by atoms with Gasteiger partial charge in [0.15, 0.2) is 5.69 Å². The Kier molecular flexibility index (Phi) is 5.84. The van der Waals surface area contributed by atoms with Gasteiger partial charge in [-0.25, -0.2) is 9.78 Å². The van der Waals surface area contributed by atoms with Crippen LogP contribution >= 0.6 is 23.2 Å². The van der Waals surface area contributed by atoms with Crippen molar-refractivity contribution in [1.29, 1.82) is 0 Å². The monoisotopic (exact) mass is 387 g/mol. The van der Waals surface area contributed by atoms with E-state index in [1.54, 1.807) is 0 Å². The molecule has 0 aliphatic heterocycles. The highest BCUT2D eigenvalue weighted by molar-refractivity contribution is 6.35. The zero-order chi connectivity index (χ0) is 18.6. The Morgan fingerprint density at radius 2 is 2.04 bits per heavy atom. The highest BCUT2D eigenvalue weighted by atomic mass is 35.5. The van der Waals surface area contributed by atoms with Gasteiger partial charge in [-0.2, -0.15) is 5.06 Å². The van der Waals surface area contributed by atoms with Gasteiger partial charge in [-0.05, 0) is 12.1 Å². The van der Waals surface area contributed by atoms with Crippen LogP contribution in [0.15, 0.2) is 30.5 Å². The molecule has 2 rings (SSSR count). The molecular weight excluding hydrogens is 377 g/mol. The summed E-state index contributed by atoms with van der Waals surface area (Å²) in [5.74, 6) is 0.236. The van der Waals surface area contributed by atoms with Gasteiger partial charge in [0, 0.05) is 25.4 Å². The van der Waals surface area contributed by atoms with Gasteiger partial charge >= 0.3 is 6.16 Å². The third-order valence-electron chi connectivity index (χ3n) is 2.85. The first-order valence-corrected chi connectivity index (χ1v) is 7.34. The van der Waals surface area contributed by atoms with E-state index in [0.29, 0.717) is 5.02 Å². The Labute approximate surface area is 151 Å². The first kappa shape index (κ1) is 18.6. The maximum atomic E-state index is 11.2. The van der Waals surface area contributed by atoms with Crippen molar-refractivity contribution in [2.45, 2.75) is 0 Å². The van der Waals surface area contributed by atoms with Gasteiger partial charge in [0.25, 0.3) is 5.69 Å². The molecule has 9 nitrogen and oxygen atoms in total. The second kappa shape index (κ2) is 7.86. The summed E-state index contributed by atoms with van der Waals surface area (Å²) < 4.78 is 9.85.